The molecule has 2 heterocycles. The molecule has 0 radical (unpaired) electrons. The zero-order valence-corrected chi connectivity index (χ0v) is 15.5. The first-order chi connectivity index (χ1) is 13.5. The predicted molar refractivity (Wildman–Crippen MR) is 101 cm³/mol. The van der Waals surface area contributed by atoms with Crippen molar-refractivity contribution in [3.05, 3.63) is 77.3 Å². The Kier molecular flexibility index (Phi) is 5.61. The minimum Gasteiger partial charge on any atom is -0.452 e. The number of aryl methyl sites for hydroxylation is 1. The van der Waals surface area contributed by atoms with Gasteiger partial charge in [-0.3, -0.25) is 9.36 Å². The van der Waals surface area contributed by atoms with Crippen molar-refractivity contribution < 1.29 is 18.7 Å². The molecule has 0 aliphatic rings. The van der Waals surface area contributed by atoms with Crippen molar-refractivity contribution in [2.75, 3.05) is 6.61 Å². The van der Waals surface area contributed by atoms with Crippen LogP contribution >= 0.6 is 0 Å². The first kappa shape index (κ1) is 19.0. The summed E-state index contributed by atoms with van der Waals surface area (Å²) in [6.07, 6.45) is 3.40. The third kappa shape index (κ3) is 3.96. The summed E-state index contributed by atoms with van der Waals surface area (Å²) in [5.74, 6) is -0.726. The molecule has 0 aliphatic heterocycles. The average Bonchev–Trinajstić information content (AvgIpc) is 3.34. The molecule has 7 heteroatoms. The van der Waals surface area contributed by atoms with E-state index in [9.17, 15) is 14.9 Å². The van der Waals surface area contributed by atoms with Crippen molar-refractivity contribution in [2.24, 2.45) is 0 Å². The molecule has 7 nitrogen and oxygen atoms in total. The fourth-order valence-corrected chi connectivity index (χ4v) is 2.84. The molecule has 1 amide bonds. The zero-order valence-electron chi connectivity index (χ0n) is 15.5. The number of rotatable bonds is 6. The van der Waals surface area contributed by atoms with Crippen LogP contribution in [0.1, 0.15) is 40.2 Å². The fraction of sp³-hybridized carbons (Fsp3) is 0.190. The van der Waals surface area contributed by atoms with Crippen molar-refractivity contribution in [3.8, 4) is 12.0 Å². The summed E-state index contributed by atoms with van der Waals surface area (Å²) >= 11 is 0. The van der Waals surface area contributed by atoms with E-state index in [1.807, 2.05) is 43.3 Å². The second kappa shape index (κ2) is 8.27. The molecule has 0 aliphatic carbocycles. The van der Waals surface area contributed by atoms with Crippen molar-refractivity contribution in [1.82, 2.24) is 9.88 Å². The van der Waals surface area contributed by atoms with Gasteiger partial charge in [0.05, 0.1) is 6.04 Å². The molecule has 0 fully saturated rings. The van der Waals surface area contributed by atoms with Gasteiger partial charge < -0.3 is 14.5 Å². The van der Waals surface area contributed by atoms with Crippen molar-refractivity contribution in [3.63, 3.8) is 0 Å². The zero-order chi connectivity index (χ0) is 20.1. The summed E-state index contributed by atoms with van der Waals surface area (Å²) in [5, 5.41) is 12.2. The summed E-state index contributed by atoms with van der Waals surface area (Å²) in [4.78, 5) is 24.6. The number of carbonyl (C=O) groups is 2. The minimum atomic E-state index is -0.779. The standard InChI is InChI=1S/C21H19N3O4/c1-14(16-8-4-3-5-9-16)23-18(25)13-27-21(26)19-15(2)28-20(17(19)12-22)24-10-6-7-11-24/h3-11,14H,13H2,1-2H3,(H,23,25)/t14-/m0/s1. The highest BCUT2D eigenvalue weighted by molar-refractivity contribution is 5.95. The first-order valence-electron chi connectivity index (χ1n) is 8.69. The topological polar surface area (TPSA) is 97.3 Å². The van der Waals surface area contributed by atoms with Crippen molar-refractivity contribution in [2.45, 2.75) is 19.9 Å². The maximum atomic E-state index is 12.5. The van der Waals surface area contributed by atoms with Gasteiger partial charge in [-0.1, -0.05) is 30.3 Å². The molecule has 28 heavy (non-hydrogen) atoms. The largest absolute Gasteiger partial charge is 0.452 e. The molecular weight excluding hydrogens is 358 g/mol. The summed E-state index contributed by atoms with van der Waals surface area (Å²) < 4.78 is 12.3. The Morgan fingerprint density at radius 2 is 1.89 bits per heavy atom. The van der Waals surface area contributed by atoms with Gasteiger partial charge in [-0.25, -0.2) is 4.79 Å². The number of nitriles is 1. The Morgan fingerprint density at radius 1 is 1.21 bits per heavy atom. The molecule has 3 aromatic rings. The van der Waals surface area contributed by atoms with Crippen LogP contribution in [-0.4, -0.2) is 23.1 Å². The third-order valence-corrected chi connectivity index (χ3v) is 4.23. The Morgan fingerprint density at radius 3 is 2.54 bits per heavy atom. The van der Waals surface area contributed by atoms with E-state index >= 15 is 0 Å². The van der Waals surface area contributed by atoms with E-state index in [0.29, 0.717) is 0 Å². The fourth-order valence-electron chi connectivity index (χ4n) is 2.84. The number of hydrogen-bond donors (Lipinski definition) is 1. The van der Waals surface area contributed by atoms with Gasteiger partial charge >= 0.3 is 5.97 Å². The molecule has 1 N–H and O–H groups in total. The Labute approximate surface area is 162 Å². The van der Waals surface area contributed by atoms with E-state index in [1.165, 1.54) is 0 Å². The van der Waals surface area contributed by atoms with Crippen LogP contribution in [0.15, 0.2) is 59.3 Å². The van der Waals surface area contributed by atoms with Crippen LogP contribution in [-0.2, 0) is 9.53 Å². The molecule has 0 bridgehead atoms. The molecular formula is C21H19N3O4. The molecule has 0 spiro atoms. The number of nitrogens with one attached hydrogen (secondary N) is 1. The summed E-state index contributed by atoms with van der Waals surface area (Å²) in [6, 6.07) is 14.7. The van der Waals surface area contributed by atoms with Gasteiger partial charge in [0, 0.05) is 12.4 Å². The van der Waals surface area contributed by atoms with Gasteiger partial charge in [-0.05, 0) is 31.5 Å². The summed E-state index contributed by atoms with van der Waals surface area (Å²) in [7, 11) is 0. The summed E-state index contributed by atoms with van der Waals surface area (Å²) in [6.45, 7) is 2.96. The SMILES string of the molecule is Cc1oc(-n2cccc2)c(C#N)c1C(=O)OCC(=O)N[C@@H](C)c1ccccc1. The third-order valence-electron chi connectivity index (χ3n) is 4.23. The number of benzene rings is 1. The number of amides is 1. The predicted octanol–water partition coefficient (Wildman–Crippen LogP) is 3.28. The molecule has 3 rings (SSSR count). The Bertz CT molecular complexity index is 1010. The highest BCUT2D eigenvalue weighted by Crippen LogP contribution is 2.26. The summed E-state index contributed by atoms with van der Waals surface area (Å²) in [5.41, 5.74) is 1.03. The van der Waals surface area contributed by atoms with E-state index in [0.717, 1.165) is 5.56 Å². The van der Waals surface area contributed by atoms with Crippen LogP contribution in [0.2, 0.25) is 0 Å². The normalized spacial score (nSPS) is 11.5. The van der Waals surface area contributed by atoms with Crippen LogP contribution in [0.25, 0.3) is 5.88 Å². The Hall–Kier alpha value is -3.79. The number of nitrogens with zero attached hydrogens (tertiary/aromatic N) is 2. The van der Waals surface area contributed by atoms with E-state index in [4.69, 9.17) is 9.15 Å². The smallest absolute Gasteiger partial charge is 0.343 e. The molecule has 1 aromatic carbocycles. The van der Waals surface area contributed by atoms with E-state index < -0.39 is 18.5 Å². The van der Waals surface area contributed by atoms with E-state index in [1.54, 1.807) is 36.0 Å². The highest BCUT2D eigenvalue weighted by atomic mass is 16.5. The molecule has 2 aromatic heterocycles. The van der Waals surface area contributed by atoms with Crippen LogP contribution in [0, 0.1) is 18.3 Å². The van der Waals surface area contributed by atoms with Gasteiger partial charge in [0.25, 0.3) is 5.91 Å². The van der Waals surface area contributed by atoms with Crippen LogP contribution in [0.4, 0.5) is 0 Å². The van der Waals surface area contributed by atoms with Crippen molar-refractivity contribution >= 4 is 11.9 Å². The number of hydrogen-bond acceptors (Lipinski definition) is 5. The average molecular weight is 377 g/mol. The number of ether oxygens (including phenoxy) is 1. The van der Waals surface area contributed by atoms with Crippen LogP contribution in [0.3, 0.4) is 0 Å². The number of esters is 1. The number of carbonyl (C=O) groups excluding carboxylic acids is 2. The maximum absolute atomic E-state index is 12.5. The van der Waals surface area contributed by atoms with Crippen molar-refractivity contribution in [1.29, 1.82) is 5.26 Å². The molecule has 0 saturated carbocycles. The number of furan rings is 1. The van der Waals surface area contributed by atoms with Gasteiger partial charge in [0.2, 0.25) is 5.88 Å². The molecule has 1 atom stereocenters. The molecule has 0 saturated heterocycles. The monoisotopic (exact) mass is 377 g/mol. The minimum absolute atomic E-state index is 0.0232. The maximum Gasteiger partial charge on any atom is 0.343 e. The highest BCUT2D eigenvalue weighted by Gasteiger charge is 2.26. The van der Waals surface area contributed by atoms with Gasteiger partial charge in [0.15, 0.2) is 6.61 Å². The number of aromatic nitrogens is 1. The lowest BCUT2D eigenvalue weighted by atomic mass is 10.1. The lowest BCUT2D eigenvalue weighted by molar-refractivity contribution is -0.124. The Balaban J connectivity index is 1.67. The lowest BCUT2D eigenvalue weighted by Crippen LogP contribution is -2.31. The van der Waals surface area contributed by atoms with Crippen LogP contribution in [0.5, 0.6) is 0 Å². The van der Waals surface area contributed by atoms with Gasteiger partial charge in [-0.15, -0.1) is 0 Å². The second-order valence-electron chi connectivity index (χ2n) is 6.19. The lowest BCUT2D eigenvalue weighted by Gasteiger charge is -2.14. The molecule has 0 unspecified atom stereocenters. The molecule has 142 valence electrons. The van der Waals surface area contributed by atoms with E-state index in [2.05, 4.69) is 5.32 Å². The second-order valence-corrected chi connectivity index (χ2v) is 6.19. The van der Waals surface area contributed by atoms with E-state index in [-0.39, 0.29) is 28.8 Å². The van der Waals surface area contributed by atoms with Gasteiger partial charge in [0.1, 0.15) is 23.0 Å². The van der Waals surface area contributed by atoms with Crippen LogP contribution < -0.4 is 5.32 Å². The van der Waals surface area contributed by atoms with Gasteiger partial charge in [-0.2, -0.15) is 5.26 Å². The first-order valence-corrected chi connectivity index (χ1v) is 8.69. The quantitative estimate of drug-likeness (QED) is 0.665.